The third-order valence-corrected chi connectivity index (χ3v) is 3.25. The molecule has 0 unspecified atom stereocenters. The Labute approximate surface area is 119 Å². The van der Waals surface area contributed by atoms with Crippen molar-refractivity contribution in [3.8, 4) is 5.75 Å². The highest BCUT2D eigenvalue weighted by atomic mass is 16.5. The Bertz CT molecular complexity index is 441. The molecule has 0 saturated carbocycles. The number of methoxy groups -OCH3 is 1. The Morgan fingerprint density at radius 1 is 1.25 bits per heavy atom. The van der Waals surface area contributed by atoms with Gasteiger partial charge in [-0.1, -0.05) is 12.1 Å². The second kappa shape index (κ2) is 7.53. The van der Waals surface area contributed by atoms with Gasteiger partial charge in [0.1, 0.15) is 5.75 Å². The van der Waals surface area contributed by atoms with E-state index in [1.807, 2.05) is 38.1 Å². The fourth-order valence-corrected chi connectivity index (χ4v) is 1.81. The number of amides is 2. The van der Waals surface area contributed by atoms with Crippen LogP contribution in [0.1, 0.15) is 25.8 Å². The molecule has 5 heteroatoms. The average molecular weight is 278 g/mol. The number of rotatable bonds is 8. The number of carbonyl (C=O) groups excluding carboxylic acids is 2. The van der Waals surface area contributed by atoms with Crippen molar-refractivity contribution in [3.05, 3.63) is 29.8 Å². The van der Waals surface area contributed by atoms with Gasteiger partial charge in [0.25, 0.3) is 0 Å². The Morgan fingerprint density at radius 2 is 1.90 bits per heavy atom. The highest BCUT2D eigenvalue weighted by molar-refractivity contribution is 5.87. The van der Waals surface area contributed by atoms with Crippen molar-refractivity contribution in [3.63, 3.8) is 0 Å². The highest BCUT2D eigenvalue weighted by Crippen LogP contribution is 2.25. The average Bonchev–Trinajstić information content (AvgIpc) is 2.46. The summed E-state index contributed by atoms with van der Waals surface area (Å²) >= 11 is 0. The molecule has 2 N–H and O–H groups in total. The zero-order valence-electron chi connectivity index (χ0n) is 12.2. The number of hydrogen-bond donors (Lipinski definition) is 2. The number of hydrogen-bond acceptors (Lipinski definition) is 3. The van der Waals surface area contributed by atoms with Crippen LogP contribution in [0.3, 0.4) is 0 Å². The van der Waals surface area contributed by atoms with Gasteiger partial charge in [0, 0.05) is 13.1 Å². The van der Waals surface area contributed by atoms with E-state index in [4.69, 9.17) is 4.74 Å². The zero-order chi connectivity index (χ0) is 15.0. The minimum Gasteiger partial charge on any atom is -0.497 e. The minimum atomic E-state index is -0.607. The zero-order valence-corrected chi connectivity index (χ0v) is 12.2. The minimum absolute atomic E-state index is 0.0335. The monoisotopic (exact) mass is 278 g/mol. The van der Waals surface area contributed by atoms with Gasteiger partial charge >= 0.3 is 0 Å². The summed E-state index contributed by atoms with van der Waals surface area (Å²) in [7, 11) is 1.61. The largest absolute Gasteiger partial charge is 0.497 e. The molecule has 0 aliphatic carbocycles. The number of ether oxygens (including phenoxy) is 1. The van der Waals surface area contributed by atoms with Crippen molar-refractivity contribution >= 4 is 12.3 Å². The van der Waals surface area contributed by atoms with Crippen molar-refractivity contribution < 1.29 is 14.3 Å². The third-order valence-electron chi connectivity index (χ3n) is 3.25. The van der Waals surface area contributed by atoms with Crippen LogP contribution in [0.15, 0.2) is 24.3 Å². The van der Waals surface area contributed by atoms with Gasteiger partial charge in [-0.3, -0.25) is 9.59 Å². The second-order valence-corrected chi connectivity index (χ2v) is 5.03. The lowest BCUT2D eigenvalue weighted by atomic mass is 9.83. The molecule has 0 bridgehead atoms. The predicted octanol–water partition coefficient (Wildman–Crippen LogP) is 1.23. The molecule has 0 fully saturated rings. The summed E-state index contributed by atoms with van der Waals surface area (Å²) in [5.74, 6) is 0.735. The van der Waals surface area contributed by atoms with Gasteiger partial charge in [0.2, 0.25) is 12.3 Å². The van der Waals surface area contributed by atoms with E-state index >= 15 is 0 Å². The summed E-state index contributed by atoms with van der Waals surface area (Å²) in [5, 5.41) is 5.44. The molecule has 0 heterocycles. The molecule has 1 rings (SSSR count). The summed E-state index contributed by atoms with van der Waals surface area (Å²) < 4.78 is 5.11. The molecule has 5 nitrogen and oxygen atoms in total. The summed E-state index contributed by atoms with van der Waals surface area (Å²) in [4.78, 5) is 22.3. The fourth-order valence-electron chi connectivity index (χ4n) is 1.81. The first kappa shape index (κ1) is 16.0. The van der Waals surface area contributed by atoms with Crippen LogP contribution in [0.5, 0.6) is 5.75 Å². The van der Waals surface area contributed by atoms with Gasteiger partial charge in [-0.15, -0.1) is 0 Å². The van der Waals surface area contributed by atoms with Crippen LogP contribution < -0.4 is 15.4 Å². The maximum absolute atomic E-state index is 12.2. The normalized spacial score (nSPS) is 10.8. The summed E-state index contributed by atoms with van der Waals surface area (Å²) in [6.45, 7) is 4.87. The predicted molar refractivity (Wildman–Crippen MR) is 77.7 cm³/mol. The van der Waals surface area contributed by atoms with Crippen molar-refractivity contribution in [2.45, 2.75) is 25.7 Å². The molecular weight excluding hydrogens is 256 g/mol. The molecule has 0 aliphatic heterocycles. The summed E-state index contributed by atoms with van der Waals surface area (Å²) in [6, 6.07) is 7.48. The lowest BCUT2D eigenvalue weighted by Gasteiger charge is -2.24. The van der Waals surface area contributed by atoms with Gasteiger partial charge in [0.15, 0.2) is 0 Å². The highest BCUT2D eigenvalue weighted by Gasteiger charge is 2.29. The molecule has 0 radical (unpaired) electrons. The first-order valence-corrected chi connectivity index (χ1v) is 6.62. The lowest BCUT2D eigenvalue weighted by molar-refractivity contribution is -0.125. The van der Waals surface area contributed by atoms with Crippen molar-refractivity contribution in [2.24, 2.45) is 0 Å². The first-order valence-electron chi connectivity index (χ1n) is 6.62. The van der Waals surface area contributed by atoms with Crippen molar-refractivity contribution in [1.82, 2.24) is 10.6 Å². The van der Waals surface area contributed by atoms with Gasteiger partial charge < -0.3 is 15.4 Å². The molecule has 0 atom stereocenters. The molecule has 0 aromatic heterocycles. The maximum atomic E-state index is 12.2. The van der Waals surface area contributed by atoms with E-state index in [0.29, 0.717) is 25.9 Å². The standard InChI is InChI=1S/C15H22N2O3/c1-15(2,12-5-7-13(20-3)8-6-12)14(19)17-10-4-9-16-11-18/h5-8,11H,4,9-10H2,1-3H3,(H,16,18)(H,17,19). The Kier molecular flexibility index (Phi) is 6.03. The van der Waals surface area contributed by atoms with Crippen LogP contribution in [0.2, 0.25) is 0 Å². The van der Waals surface area contributed by atoms with Crippen LogP contribution in [0, 0.1) is 0 Å². The summed E-state index contributed by atoms with van der Waals surface area (Å²) in [5.41, 5.74) is 0.325. The quantitative estimate of drug-likeness (QED) is 0.555. The molecular formula is C15H22N2O3. The Balaban J connectivity index is 2.57. The molecule has 0 saturated heterocycles. The van der Waals surface area contributed by atoms with Crippen LogP contribution in [0.4, 0.5) is 0 Å². The van der Waals surface area contributed by atoms with Crippen molar-refractivity contribution in [2.75, 3.05) is 20.2 Å². The van der Waals surface area contributed by atoms with Gasteiger partial charge in [-0.05, 0) is 38.0 Å². The van der Waals surface area contributed by atoms with Crippen LogP contribution >= 0.6 is 0 Å². The van der Waals surface area contributed by atoms with Crippen molar-refractivity contribution in [1.29, 1.82) is 0 Å². The molecule has 1 aromatic rings. The Hall–Kier alpha value is -2.04. The van der Waals surface area contributed by atoms with Gasteiger partial charge in [-0.25, -0.2) is 0 Å². The molecule has 110 valence electrons. The molecule has 0 spiro atoms. The third kappa shape index (κ3) is 4.26. The maximum Gasteiger partial charge on any atom is 0.230 e. The second-order valence-electron chi connectivity index (χ2n) is 5.03. The number of carbonyl (C=O) groups is 2. The van der Waals surface area contributed by atoms with Crippen LogP contribution in [-0.4, -0.2) is 32.5 Å². The molecule has 20 heavy (non-hydrogen) atoms. The number of nitrogens with one attached hydrogen (secondary N) is 2. The fraction of sp³-hybridized carbons (Fsp3) is 0.467. The van der Waals surface area contributed by atoms with E-state index in [0.717, 1.165) is 11.3 Å². The van der Waals surface area contributed by atoms with E-state index < -0.39 is 5.41 Å². The van der Waals surface area contributed by atoms with Crippen LogP contribution in [-0.2, 0) is 15.0 Å². The topological polar surface area (TPSA) is 67.4 Å². The SMILES string of the molecule is COc1ccc(C(C)(C)C(=O)NCCCNC=O)cc1. The van der Waals surface area contributed by atoms with Gasteiger partial charge in [0.05, 0.1) is 12.5 Å². The Morgan fingerprint density at radius 3 is 2.45 bits per heavy atom. The van der Waals surface area contributed by atoms with Crippen LogP contribution in [0.25, 0.3) is 0 Å². The number of benzene rings is 1. The first-order chi connectivity index (χ1) is 9.52. The van der Waals surface area contributed by atoms with E-state index in [1.165, 1.54) is 0 Å². The summed E-state index contributed by atoms with van der Waals surface area (Å²) in [6.07, 6.45) is 1.37. The van der Waals surface area contributed by atoms with Gasteiger partial charge in [-0.2, -0.15) is 0 Å². The van der Waals surface area contributed by atoms with E-state index in [2.05, 4.69) is 10.6 Å². The smallest absolute Gasteiger partial charge is 0.230 e. The van der Waals surface area contributed by atoms with E-state index in [9.17, 15) is 9.59 Å². The molecule has 2 amide bonds. The van der Waals surface area contributed by atoms with E-state index in [1.54, 1.807) is 7.11 Å². The lowest BCUT2D eigenvalue weighted by Crippen LogP contribution is -2.41. The van der Waals surface area contributed by atoms with E-state index in [-0.39, 0.29) is 5.91 Å². The molecule has 1 aromatic carbocycles. The molecule has 0 aliphatic rings.